The monoisotopic (exact) mass is 356 g/mol. The highest BCUT2D eigenvalue weighted by Crippen LogP contribution is 2.41. The van der Waals surface area contributed by atoms with E-state index in [1.54, 1.807) is 6.92 Å². The molecule has 1 saturated heterocycles. The van der Waals surface area contributed by atoms with E-state index in [0.717, 1.165) is 16.9 Å². The van der Waals surface area contributed by atoms with Gasteiger partial charge in [0.1, 0.15) is 0 Å². The van der Waals surface area contributed by atoms with Crippen LogP contribution in [0.3, 0.4) is 0 Å². The van der Waals surface area contributed by atoms with Crippen molar-refractivity contribution >= 4 is 24.2 Å². The number of thiophene rings is 1. The van der Waals surface area contributed by atoms with Gasteiger partial charge in [0.15, 0.2) is 5.78 Å². The third-order valence-corrected chi connectivity index (χ3v) is 6.36. The van der Waals surface area contributed by atoms with Crippen molar-refractivity contribution in [3.05, 3.63) is 57.8 Å². The van der Waals surface area contributed by atoms with Gasteiger partial charge in [-0.15, -0.1) is 11.3 Å². The van der Waals surface area contributed by atoms with Crippen molar-refractivity contribution in [2.75, 3.05) is 0 Å². The van der Waals surface area contributed by atoms with E-state index in [-0.39, 0.29) is 29.9 Å². The van der Waals surface area contributed by atoms with E-state index < -0.39 is 0 Å². The molecule has 5 heteroatoms. The third-order valence-electron chi connectivity index (χ3n) is 5.28. The lowest BCUT2D eigenvalue weighted by atomic mass is 9.65. The zero-order chi connectivity index (χ0) is 18.2. The number of ketones is 1. The minimum atomic E-state index is -0.357. The van der Waals surface area contributed by atoms with Crippen molar-refractivity contribution in [1.29, 1.82) is 0 Å². The SMILES string of the molecule is CC(=O)c1cc(C[C@@H](B2OC(C)(C)C(C)(C)O2)c2ccccc2)cs1. The summed E-state index contributed by atoms with van der Waals surface area (Å²) in [5, 5.41) is 2.07. The van der Waals surface area contributed by atoms with Crippen LogP contribution in [-0.2, 0) is 15.7 Å². The second-order valence-electron chi connectivity index (χ2n) is 7.72. The summed E-state index contributed by atoms with van der Waals surface area (Å²) in [6, 6.07) is 12.3. The molecule has 3 nitrogen and oxygen atoms in total. The number of carbonyl (C=O) groups is 1. The fourth-order valence-electron chi connectivity index (χ4n) is 3.05. The highest BCUT2D eigenvalue weighted by atomic mass is 32.1. The van der Waals surface area contributed by atoms with Crippen LogP contribution in [0, 0.1) is 0 Å². The van der Waals surface area contributed by atoms with Crippen molar-refractivity contribution in [2.24, 2.45) is 0 Å². The van der Waals surface area contributed by atoms with Gasteiger partial charge in [0.25, 0.3) is 0 Å². The van der Waals surface area contributed by atoms with Crippen LogP contribution in [0.1, 0.15) is 61.2 Å². The van der Waals surface area contributed by atoms with Gasteiger partial charge in [-0.25, -0.2) is 0 Å². The predicted octanol–water partition coefficient (Wildman–Crippen LogP) is 4.91. The molecule has 0 N–H and O–H groups in total. The van der Waals surface area contributed by atoms with E-state index in [9.17, 15) is 4.79 Å². The standard InChI is InChI=1S/C20H25BO3S/c1-14(22)18-12-15(13-25-18)11-17(16-9-7-6-8-10-16)21-23-19(2,3)20(4,5)24-21/h6-10,12-13,17H,11H2,1-5H3/t17-/m1/s1. The Morgan fingerprint density at radius 2 is 1.72 bits per heavy atom. The molecule has 2 heterocycles. The lowest BCUT2D eigenvalue weighted by Gasteiger charge is -2.32. The number of hydrogen-bond acceptors (Lipinski definition) is 4. The fraction of sp³-hybridized carbons (Fsp3) is 0.450. The van der Waals surface area contributed by atoms with E-state index >= 15 is 0 Å². The van der Waals surface area contributed by atoms with Crippen LogP contribution < -0.4 is 0 Å². The van der Waals surface area contributed by atoms with E-state index in [2.05, 4.69) is 45.2 Å². The molecule has 0 radical (unpaired) electrons. The summed E-state index contributed by atoms with van der Waals surface area (Å²) in [7, 11) is -0.312. The molecular formula is C20H25BO3S. The second kappa shape index (κ2) is 6.71. The van der Waals surface area contributed by atoms with Crippen LogP contribution in [0.4, 0.5) is 0 Å². The summed E-state index contributed by atoms with van der Waals surface area (Å²) in [6.45, 7) is 9.92. The zero-order valence-electron chi connectivity index (χ0n) is 15.5. The Hall–Kier alpha value is -1.43. The summed E-state index contributed by atoms with van der Waals surface area (Å²) in [4.78, 5) is 12.4. The largest absolute Gasteiger partial charge is 0.466 e. The van der Waals surface area contributed by atoms with Crippen molar-refractivity contribution < 1.29 is 14.1 Å². The highest BCUT2D eigenvalue weighted by Gasteiger charge is 2.53. The van der Waals surface area contributed by atoms with Crippen LogP contribution in [0.5, 0.6) is 0 Å². The van der Waals surface area contributed by atoms with Gasteiger partial charge in [-0.05, 0) is 63.6 Å². The first-order valence-corrected chi connectivity index (χ1v) is 9.56. The molecule has 0 bridgehead atoms. The molecule has 3 rings (SSSR count). The third kappa shape index (κ3) is 3.74. The maximum atomic E-state index is 11.6. The number of carbonyl (C=O) groups excluding carboxylic acids is 1. The van der Waals surface area contributed by atoms with Gasteiger partial charge in [0, 0.05) is 5.82 Å². The molecule has 0 saturated carbocycles. The van der Waals surface area contributed by atoms with Gasteiger partial charge in [-0.2, -0.15) is 0 Å². The minimum Gasteiger partial charge on any atom is -0.403 e. The number of hydrogen-bond donors (Lipinski definition) is 0. The quantitative estimate of drug-likeness (QED) is 0.564. The molecule has 1 aromatic heterocycles. The van der Waals surface area contributed by atoms with Gasteiger partial charge in [-0.1, -0.05) is 30.3 Å². The first-order chi connectivity index (χ1) is 11.7. The summed E-state index contributed by atoms with van der Waals surface area (Å²) >= 11 is 1.51. The van der Waals surface area contributed by atoms with E-state index in [1.807, 2.05) is 24.3 Å². The number of Topliss-reactive ketones (excluding diaryl/α,β-unsaturated/α-hetero) is 1. The summed E-state index contributed by atoms with van der Waals surface area (Å²) in [5.74, 6) is 0.194. The van der Waals surface area contributed by atoms with Crippen LogP contribution in [0.2, 0.25) is 0 Å². The maximum absolute atomic E-state index is 11.6. The minimum absolute atomic E-state index is 0.0802. The van der Waals surface area contributed by atoms with Gasteiger partial charge in [-0.3, -0.25) is 4.79 Å². The molecule has 0 spiro atoms. The van der Waals surface area contributed by atoms with Crippen LogP contribution in [0.15, 0.2) is 41.8 Å². The van der Waals surface area contributed by atoms with Crippen LogP contribution in [0.25, 0.3) is 0 Å². The van der Waals surface area contributed by atoms with Crippen molar-refractivity contribution in [3.63, 3.8) is 0 Å². The Bertz CT molecular complexity index is 735. The molecule has 0 unspecified atom stereocenters. The summed E-state index contributed by atoms with van der Waals surface area (Å²) in [6.07, 6.45) is 0.782. The molecule has 1 aromatic carbocycles. The Morgan fingerprint density at radius 3 is 2.24 bits per heavy atom. The van der Waals surface area contributed by atoms with Crippen molar-refractivity contribution in [1.82, 2.24) is 0 Å². The normalized spacial score (nSPS) is 19.8. The first-order valence-electron chi connectivity index (χ1n) is 8.68. The fourth-order valence-corrected chi connectivity index (χ4v) is 3.87. The Morgan fingerprint density at radius 1 is 1.12 bits per heavy atom. The second-order valence-corrected chi connectivity index (χ2v) is 8.63. The smallest absolute Gasteiger partial charge is 0.403 e. The highest BCUT2D eigenvalue weighted by molar-refractivity contribution is 7.12. The average molecular weight is 356 g/mol. The molecular weight excluding hydrogens is 331 g/mol. The Labute approximate surface area is 154 Å². The molecule has 25 heavy (non-hydrogen) atoms. The molecule has 1 atom stereocenters. The van der Waals surface area contributed by atoms with E-state index in [4.69, 9.17) is 9.31 Å². The molecule has 1 aliphatic heterocycles. The van der Waals surface area contributed by atoms with Crippen LogP contribution >= 0.6 is 11.3 Å². The Kier molecular flexibility index (Phi) is 4.93. The van der Waals surface area contributed by atoms with Crippen molar-refractivity contribution in [3.8, 4) is 0 Å². The zero-order valence-corrected chi connectivity index (χ0v) is 16.4. The molecule has 1 aliphatic rings. The number of benzene rings is 1. The summed E-state index contributed by atoms with van der Waals surface area (Å²) in [5.41, 5.74) is 1.63. The molecule has 0 aliphatic carbocycles. The molecule has 1 fully saturated rings. The predicted molar refractivity (Wildman–Crippen MR) is 103 cm³/mol. The lowest BCUT2D eigenvalue weighted by Crippen LogP contribution is -2.41. The van der Waals surface area contributed by atoms with Gasteiger partial charge in [0.2, 0.25) is 0 Å². The maximum Gasteiger partial charge on any atom is 0.466 e. The summed E-state index contributed by atoms with van der Waals surface area (Å²) < 4.78 is 12.6. The van der Waals surface area contributed by atoms with Crippen molar-refractivity contribution in [2.45, 2.75) is 58.1 Å². The van der Waals surface area contributed by atoms with Gasteiger partial charge in [0.05, 0.1) is 16.1 Å². The van der Waals surface area contributed by atoms with E-state index in [1.165, 1.54) is 16.9 Å². The topological polar surface area (TPSA) is 35.5 Å². The van der Waals surface area contributed by atoms with Gasteiger partial charge < -0.3 is 9.31 Å². The van der Waals surface area contributed by atoms with Gasteiger partial charge >= 0.3 is 7.12 Å². The molecule has 0 amide bonds. The first kappa shape index (κ1) is 18.4. The average Bonchev–Trinajstić information content (AvgIpc) is 3.08. The molecule has 132 valence electrons. The van der Waals surface area contributed by atoms with Crippen LogP contribution in [-0.4, -0.2) is 24.1 Å². The molecule has 2 aromatic rings. The van der Waals surface area contributed by atoms with E-state index in [0.29, 0.717) is 0 Å². The number of rotatable bonds is 5. The Balaban J connectivity index is 1.90. The lowest BCUT2D eigenvalue weighted by molar-refractivity contribution is 0.00578.